The Balaban J connectivity index is 2.62. The first-order valence-corrected chi connectivity index (χ1v) is 7.60. The molecule has 0 saturated carbocycles. The molecule has 0 fully saturated rings. The molecule has 0 aliphatic heterocycles. The lowest BCUT2D eigenvalue weighted by atomic mass is 10.1. The van der Waals surface area contributed by atoms with Gasteiger partial charge in [0, 0.05) is 18.7 Å². The molecule has 0 radical (unpaired) electrons. The van der Waals surface area contributed by atoms with E-state index in [9.17, 15) is 9.18 Å². The molecule has 1 aromatic carbocycles. The van der Waals surface area contributed by atoms with Gasteiger partial charge >= 0.3 is 0 Å². The molecule has 21 heavy (non-hydrogen) atoms. The summed E-state index contributed by atoms with van der Waals surface area (Å²) in [5.41, 5.74) is 5.98. The van der Waals surface area contributed by atoms with Gasteiger partial charge in [-0.3, -0.25) is 4.79 Å². The lowest BCUT2D eigenvalue weighted by Gasteiger charge is -2.23. The Kier molecular flexibility index (Phi) is 7.15. The Bertz CT molecular complexity index is 461. The number of halogens is 1. The Morgan fingerprint density at radius 2 is 1.81 bits per heavy atom. The number of carbonyl (C=O) groups excluding carboxylic acids is 1. The fraction of sp³-hybridized carbons (Fsp3) is 0.562. The molecule has 0 aliphatic carbocycles. The predicted octanol–water partition coefficient (Wildman–Crippen LogP) is 2.60. The second-order valence-electron chi connectivity index (χ2n) is 5.00. The Morgan fingerprint density at radius 1 is 1.14 bits per heavy atom. The highest BCUT2D eigenvalue weighted by Crippen LogP contribution is 2.14. The minimum absolute atomic E-state index is 0.0139. The molecule has 1 amide bonds. The van der Waals surface area contributed by atoms with Crippen molar-refractivity contribution in [2.24, 2.45) is 0 Å². The molecular weight excluding hydrogens is 269 g/mol. The normalized spacial score (nSPS) is 10.9. The van der Waals surface area contributed by atoms with Gasteiger partial charge in [-0.1, -0.05) is 13.8 Å². The van der Waals surface area contributed by atoms with Gasteiger partial charge in [-0.05, 0) is 51.2 Å². The number of anilines is 1. The number of amides is 1. The van der Waals surface area contributed by atoms with Crippen LogP contribution in [0, 0.1) is 5.82 Å². The van der Waals surface area contributed by atoms with Gasteiger partial charge in [-0.25, -0.2) is 4.39 Å². The van der Waals surface area contributed by atoms with E-state index in [0.717, 1.165) is 26.1 Å². The van der Waals surface area contributed by atoms with Crippen molar-refractivity contribution in [1.82, 2.24) is 9.80 Å². The molecule has 0 saturated heterocycles. The maximum atomic E-state index is 13.2. The Hall–Kier alpha value is -1.62. The van der Waals surface area contributed by atoms with Gasteiger partial charge < -0.3 is 15.5 Å². The van der Waals surface area contributed by atoms with Crippen LogP contribution >= 0.6 is 0 Å². The summed E-state index contributed by atoms with van der Waals surface area (Å²) in [5, 5.41) is 0. The van der Waals surface area contributed by atoms with Crippen LogP contribution in [0.5, 0.6) is 0 Å². The van der Waals surface area contributed by atoms with E-state index in [2.05, 4.69) is 18.7 Å². The first-order chi connectivity index (χ1) is 10.0. The summed E-state index contributed by atoms with van der Waals surface area (Å²) < 4.78 is 13.2. The van der Waals surface area contributed by atoms with Crippen LogP contribution in [-0.4, -0.2) is 48.4 Å². The molecule has 1 rings (SSSR count). The minimum atomic E-state index is -0.490. The SMILES string of the molecule is CCN(CC)CCCN(CC)C(=O)c1ccc(F)c(N)c1. The molecule has 0 spiro atoms. The molecule has 0 bridgehead atoms. The van der Waals surface area contributed by atoms with Crippen molar-refractivity contribution in [3.05, 3.63) is 29.6 Å². The van der Waals surface area contributed by atoms with E-state index in [1.807, 2.05) is 6.92 Å². The fourth-order valence-electron chi connectivity index (χ4n) is 2.29. The van der Waals surface area contributed by atoms with Crippen LogP contribution in [0.1, 0.15) is 37.6 Å². The average molecular weight is 295 g/mol. The van der Waals surface area contributed by atoms with Crippen molar-refractivity contribution in [2.75, 3.05) is 38.5 Å². The number of nitrogens with two attached hydrogens (primary N) is 1. The molecule has 0 unspecified atom stereocenters. The van der Waals surface area contributed by atoms with E-state index in [4.69, 9.17) is 5.73 Å². The number of nitrogens with zero attached hydrogens (tertiary/aromatic N) is 2. The zero-order valence-corrected chi connectivity index (χ0v) is 13.2. The summed E-state index contributed by atoms with van der Waals surface area (Å²) in [6.45, 7) is 10.6. The average Bonchev–Trinajstić information content (AvgIpc) is 2.50. The zero-order chi connectivity index (χ0) is 15.8. The van der Waals surface area contributed by atoms with E-state index in [-0.39, 0.29) is 11.6 Å². The highest BCUT2D eigenvalue weighted by Gasteiger charge is 2.15. The lowest BCUT2D eigenvalue weighted by Crippen LogP contribution is -2.34. The molecule has 0 atom stereocenters. The van der Waals surface area contributed by atoms with Crippen LogP contribution in [0.15, 0.2) is 18.2 Å². The molecule has 5 heteroatoms. The van der Waals surface area contributed by atoms with Crippen molar-refractivity contribution in [1.29, 1.82) is 0 Å². The monoisotopic (exact) mass is 295 g/mol. The molecule has 4 nitrogen and oxygen atoms in total. The quantitative estimate of drug-likeness (QED) is 0.750. The third-order valence-electron chi connectivity index (χ3n) is 3.71. The largest absolute Gasteiger partial charge is 0.396 e. The van der Waals surface area contributed by atoms with Crippen LogP contribution < -0.4 is 5.73 Å². The number of nitrogen functional groups attached to an aromatic ring is 1. The number of rotatable bonds is 8. The number of carbonyl (C=O) groups is 1. The van der Waals surface area contributed by atoms with E-state index in [1.54, 1.807) is 4.90 Å². The van der Waals surface area contributed by atoms with Crippen LogP contribution in [-0.2, 0) is 0 Å². The first kappa shape index (κ1) is 17.4. The summed E-state index contributed by atoms with van der Waals surface area (Å²) >= 11 is 0. The van der Waals surface area contributed by atoms with Crippen molar-refractivity contribution >= 4 is 11.6 Å². The molecule has 1 aromatic rings. The summed E-state index contributed by atoms with van der Waals surface area (Å²) in [7, 11) is 0. The zero-order valence-electron chi connectivity index (χ0n) is 13.2. The van der Waals surface area contributed by atoms with Gasteiger partial charge in [0.15, 0.2) is 0 Å². The van der Waals surface area contributed by atoms with Gasteiger partial charge in [0.05, 0.1) is 5.69 Å². The highest BCUT2D eigenvalue weighted by atomic mass is 19.1. The molecule has 0 aromatic heterocycles. The minimum Gasteiger partial charge on any atom is -0.396 e. The lowest BCUT2D eigenvalue weighted by molar-refractivity contribution is 0.0757. The van der Waals surface area contributed by atoms with E-state index < -0.39 is 5.82 Å². The highest BCUT2D eigenvalue weighted by molar-refractivity contribution is 5.95. The van der Waals surface area contributed by atoms with E-state index >= 15 is 0 Å². The fourth-order valence-corrected chi connectivity index (χ4v) is 2.29. The Morgan fingerprint density at radius 3 is 2.33 bits per heavy atom. The Labute approximate surface area is 126 Å². The third kappa shape index (κ3) is 5.01. The van der Waals surface area contributed by atoms with Gasteiger partial charge in [0.1, 0.15) is 5.82 Å². The summed E-state index contributed by atoms with van der Waals surface area (Å²) in [6.07, 6.45) is 0.929. The predicted molar refractivity (Wildman–Crippen MR) is 84.8 cm³/mol. The molecule has 0 heterocycles. The van der Waals surface area contributed by atoms with Gasteiger partial charge in [0.2, 0.25) is 0 Å². The molecular formula is C16H26FN3O. The van der Waals surface area contributed by atoms with Gasteiger partial charge in [-0.2, -0.15) is 0 Å². The third-order valence-corrected chi connectivity index (χ3v) is 3.71. The van der Waals surface area contributed by atoms with Crippen molar-refractivity contribution in [2.45, 2.75) is 27.2 Å². The summed E-state index contributed by atoms with van der Waals surface area (Å²) in [6, 6.07) is 4.14. The second kappa shape index (κ2) is 8.62. The van der Waals surface area contributed by atoms with Crippen LogP contribution in [0.3, 0.4) is 0 Å². The topological polar surface area (TPSA) is 49.6 Å². The van der Waals surface area contributed by atoms with Crippen molar-refractivity contribution in [3.63, 3.8) is 0 Å². The van der Waals surface area contributed by atoms with Gasteiger partial charge in [-0.15, -0.1) is 0 Å². The van der Waals surface area contributed by atoms with E-state index in [1.165, 1.54) is 18.2 Å². The van der Waals surface area contributed by atoms with Crippen LogP contribution in [0.25, 0.3) is 0 Å². The maximum absolute atomic E-state index is 13.2. The smallest absolute Gasteiger partial charge is 0.253 e. The number of hydrogen-bond acceptors (Lipinski definition) is 3. The van der Waals surface area contributed by atoms with Crippen molar-refractivity contribution in [3.8, 4) is 0 Å². The summed E-state index contributed by atoms with van der Waals surface area (Å²) in [5.74, 6) is -0.583. The molecule has 0 aliphatic rings. The standard InChI is InChI=1S/C16H26FN3O/c1-4-19(5-2)10-7-11-20(6-3)16(21)13-8-9-14(17)15(18)12-13/h8-9,12H,4-7,10-11,18H2,1-3H3. The van der Waals surface area contributed by atoms with Gasteiger partial charge in [0.25, 0.3) is 5.91 Å². The second-order valence-corrected chi connectivity index (χ2v) is 5.00. The number of hydrogen-bond donors (Lipinski definition) is 1. The number of benzene rings is 1. The maximum Gasteiger partial charge on any atom is 0.253 e. The molecule has 118 valence electrons. The van der Waals surface area contributed by atoms with E-state index in [0.29, 0.717) is 18.7 Å². The first-order valence-electron chi connectivity index (χ1n) is 7.60. The summed E-state index contributed by atoms with van der Waals surface area (Å²) in [4.78, 5) is 16.5. The molecule has 2 N–H and O–H groups in total. The van der Waals surface area contributed by atoms with Crippen LogP contribution in [0.2, 0.25) is 0 Å². The van der Waals surface area contributed by atoms with Crippen molar-refractivity contribution < 1.29 is 9.18 Å². The van der Waals surface area contributed by atoms with Crippen LogP contribution in [0.4, 0.5) is 10.1 Å².